The van der Waals surface area contributed by atoms with E-state index in [0.29, 0.717) is 18.0 Å². The summed E-state index contributed by atoms with van der Waals surface area (Å²) >= 11 is 0. The Bertz CT molecular complexity index is 769. The lowest BCUT2D eigenvalue weighted by Gasteiger charge is -2.18. The molecule has 0 heterocycles. The van der Waals surface area contributed by atoms with E-state index in [1.807, 2.05) is 6.92 Å². The first-order valence-electron chi connectivity index (χ1n) is 9.59. The maximum absolute atomic E-state index is 10.0. The average molecular weight is 513 g/mol. The minimum Gasteiger partial charge on any atom is -0.502 e. The molecule has 0 fully saturated rings. The van der Waals surface area contributed by atoms with Gasteiger partial charge in [0.2, 0.25) is 5.75 Å². The number of phenols is 1. The van der Waals surface area contributed by atoms with Crippen molar-refractivity contribution in [1.29, 1.82) is 0 Å². The van der Waals surface area contributed by atoms with Gasteiger partial charge < -0.3 is 25.2 Å². The molecule has 2 aromatic rings. The molecule has 0 amide bonds. The number of ether oxygens (including phenoxy) is 2. The van der Waals surface area contributed by atoms with E-state index in [2.05, 4.69) is 53.7 Å². The van der Waals surface area contributed by atoms with Crippen LogP contribution in [-0.2, 0) is 13.0 Å². The highest BCUT2D eigenvalue weighted by molar-refractivity contribution is 14.0. The molecular formula is C22H32IN3O3. The van der Waals surface area contributed by atoms with Gasteiger partial charge in [-0.25, -0.2) is 4.99 Å². The van der Waals surface area contributed by atoms with Gasteiger partial charge in [-0.05, 0) is 49.1 Å². The van der Waals surface area contributed by atoms with Crippen LogP contribution in [0, 0.1) is 0 Å². The first kappa shape index (κ1) is 24.9. The number of phenolic OH excluding ortho intramolecular Hbond substituents is 1. The van der Waals surface area contributed by atoms with E-state index >= 15 is 0 Å². The van der Waals surface area contributed by atoms with Crippen LogP contribution in [0.1, 0.15) is 43.5 Å². The van der Waals surface area contributed by atoms with Gasteiger partial charge in [0, 0.05) is 6.54 Å². The van der Waals surface area contributed by atoms with Crippen molar-refractivity contribution in [3.05, 3.63) is 53.1 Å². The molecule has 160 valence electrons. The summed E-state index contributed by atoms with van der Waals surface area (Å²) < 4.78 is 10.4. The maximum atomic E-state index is 10.0. The van der Waals surface area contributed by atoms with E-state index < -0.39 is 0 Å². The van der Waals surface area contributed by atoms with Crippen molar-refractivity contribution in [2.45, 2.75) is 39.8 Å². The highest BCUT2D eigenvalue weighted by atomic mass is 127. The van der Waals surface area contributed by atoms with Crippen LogP contribution in [0.4, 0.5) is 0 Å². The number of nitrogens with zero attached hydrogens (tertiary/aromatic N) is 1. The van der Waals surface area contributed by atoms with Crippen molar-refractivity contribution in [3.63, 3.8) is 0 Å². The number of methoxy groups -OCH3 is 2. The summed E-state index contributed by atoms with van der Waals surface area (Å²) in [5.74, 6) is 1.45. The lowest BCUT2D eigenvalue weighted by atomic mass is 10.1. The third kappa shape index (κ3) is 6.99. The number of rotatable bonds is 8. The first-order valence-corrected chi connectivity index (χ1v) is 9.59. The van der Waals surface area contributed by atoms with Gasteiger partial charge in [-0.1, -0.05) is 31.2 Å². The third-order valence-electron chi connectivity index (χ3n) is 4.54. The lowest BCUT2D eigenvalue weighted by Crippen LogP contribution is -2.38. The Hall–Kier alpha value is -2.16. The fourth-order valence-corrected chi connectivity index (χ4v) is 2.86. The zero-order chi connectivity index (χ0) is 20.5. The number of hydrogen-bond donors (Lipinski definition) is 3. The van der Waals surface area contributed by atoms with Crippen LogP contribution >= 0.6 is 24.0 Å². The fourth-order valence-electron chi connectivity index (χ4n) is 2.86. The van der Waals surface area contributed by atoms with Gasteiger partial charge in [-0.3, -0.25) is 0 Å². The van der Waals surface area contributed by atoms with Gasteiger partial charge in [-0.15, -0.1) is 24.0 Å². The first-order chi connectivity index (χ1) is 13.5. The fraction of sp³-hybridized carbons (Fsp3) is 0.409. The molecule has 2 rings (SSSR count). The second kappa shape index (κ2) is 12.4. The van der Waals surface area contributed by atoms with Crippen LogP contribution in [0.2, 0.25) is 0 Å². The molecule has 0 aliphatic heterocycles. The molecule has 7 heteroatoms. The van der Waals surface area contributed by atoms with Gasteiger partial charge in [0.15, 0.2) is 17.5 Å². The van der Waals surface area contributed by atoms with E-state index in [-0.39, 0.29) is 35.8 Å². The number of nitrogens with one attached hydrogen (secondary N) is 2. The predicted octanol–water partition coefficient (Wildman–Crippen LogP) is 4.41. The van der Waals surface area contributed by atoms with Crippen molar-refractivity contribution in [3.8, 4) is 17.2 Å². The van der Waals surface area contributed by atoms with E-state index in [1.165, 1.54) is 25.3 Å². The Morgan fingerprint density at radius 3 is 2.10 bits per heavy atom. The lowest BCUT2D eigenvalue weighted by molar-refractivity contribution is 0.339. The van der Waals surface area contributed by atoms with Gasteiger partial charge >= 0.3 is 0 Å². The molecule has 0 aliphatic carbocycles. The van der Waals surface area contributed by atoms with Crippen LogP contribution in [-0.4, -0.2) is 31.8 Å². The Morgan fingerprint density at radius 2 is 1.62 bits per heavy atom. The smallest absolute Gasteiger partial charge is 0.200 e. The largest absolute Gasteiger partial charge is 0.502 e. The van der Waals surface area contributed by atoms with E-state index in [9.17, 15) is 5.11 Å². The third-order valence-corrected chi connectivity index (χ3v) is 4.54. The molecule has 0 radical (unpaired) electrons. The summed E-state index contributed by atoms with van der Waals surface area (Å²) in [5.41, 5.74) is 3.41. The van der Waals surface area contributed by atoms with Crippen molar-refractivity contribution in [2.75, 3.05) is 20.8 Å². The van der Waals surface area contributed by atoms with E-state index in [4.69, 9.17) is 9.47 Å². The molecular weight excluding hydrogens is 481 g/mol. The topological polar surface area (TPSA) is 75.1 Å². The summed E-state index contributed by atoms with van der Waals surface area (Å²) in [5, 5.41) is 16.8. The quantitative estimate of drug-likeness (QED) is 0.277. The number of aliphatic imine (C=N–C) groups is 1. The van der Waals surface area contributed by atoms with Crippen LogP contribution in [0.3, 0.4) is 0 Å². The zero-order valence-corrected chi connectivity index (χ0v) is 20.1. The number of halogens is 1. The Kier molecular flexibility index (Phi) is 10.6. The number of guanidine groups is 1. The summed E-state index contributed by atoms with van der Waals surface area (Å²) in [6.07, 6.45) is 1.03. The molecule has 2 aromatic carbocycles. The highest BCUT2D eigenvalue weighted by Gasteiger charge is 2.12. The molecule has 0 spiro atoms. The van der Waals surface area contributed by atoms with Gasteiger partial charge in [0.1, 0.15) is 0 Å². The SMILES string of the molecule is CCNC(=NCc1cc(OC)c(O)c(OC)c1)NC(C)c1ccc(CC)cc1.I. The molecule has 0 saturated heterocycles. The van der Waals surface area contributed by atoms with Crippen LogP contribution < -0.4 is 20.1 Å². The molecule has 0 saturated carbocycles. The second-order valence-electron chi connectivity index (χ2n) is 6.51. The predicted molar refractivity (Wildman–Crippen MR) is 129 cm³/mol. The Morgan fingerprint density at radius 1 is 1.03 bits per heavy atom. The zero-order valence-electron chi connectivity index (χ0n) is 17.8. The van der Waals surface area contributed by atoms with Crippen molar-refractivity contribution in [2.24, 2.45) is 4.99 Å². The minimum absolute atomic E-state index is 0. The molecule has 1 atom stereocenters. The molecule has 0 aromatic heterocycles. The summed E-state index contributed by atoms with van der Waals surface area (Å²) in [4.78, 5) is 4.67. The molecule has 0 aliphatic rings. The second-order valence-corrected chi connectivity index (χ2v) is 6.51. The number of benzene rings is 2. The number of hydrogen-bond acceptors (Lipinski definition) is 4. The van der Waals surface area contributed by atoms with Gasteiger partial charge in [-0.2, -0.15) is 0 Å². The molecule has 1 unspecified atom stereocenters. The standard InChI is InChI=1S/C22H31N3O3.HI/c1-6-16-8-10-18(11-9-16)15(3)25-22(23-7-2)24-14-17-12-19(27-4)21(26)20(13-17)28-5;/h8-13,15,26H,6-7,14H2,1-5H3,(H2,23,24,25);1H. The number of aromatic hydroxyl groups is 1. The highest BCUT2D eigenvalue weighted by Crippen LogP contribution is 2.37. The van der Waals surface area contributed by atoms with Gasteiger partial charge in [0.25, 0.3) is 0 Å². The number of aryl methyl sites for hydroxylation is 1. The van der Waals surface area contributed by atoms with Crippen molar-refractivity contribution in [1.82, 2.24) is 10.6 Å². The summed E-state index contributed by atoms with van der Waals surface area (Å²) in [7, 11) is 3.03. The van der Waals surface area contributed by atoms with Crippen LogP contribution in [0.25, 0.3) is 0 Å². The van der Waals surface area contributed by atoms with Crippen LogP contribution in [0.5, 0.6) is 17.2 Å². The summed E-state index contributed by atoms with van der Waals surface area (Å²) in [6, 6.07) is 12.3. The Balaban J connectivity index is 0.00000420. The molecule has 3 N–H and O–H groups in total. The maximum Gasteiger partial charge on any atom is 0.200 e. The van der Waals surface area contributed by atoms with Gasteiger partial charge in [0.05, 0.1) is 26.8 Å². The summed E-state index contributed by atoms with van der Waals surface area (Å²) in [6.45, 7) is 7.48. The molecule has 29 heavy (non-hydrogen) atoms. The van der Waals surface area contributed by atoms with Crippen LogP contribution in [0.15, 0.2) is 41.4 Å². The van der Waals surface area contributed by atoms with Crippen molar-refractivity contribution >= 4 is 29.9 Å². The van der Waals surface area contributed by atoms with E-state index in [0.717, 1.165) is 24.5 Å². The van der Waals surface area contributed by atoms with E-state index in [1.54, 1.807) is 12.1 Å². The monoisotopic (exact) mass is 513 g/mol. The normalized spacial score (nSPS) is 12.0. The Labute approximate surface area is 190 Å². The van der Waals surface area contributed by atoms with Crippen molar-refractivity contribution < 1.29 is 14.6 Å². The average Bonchev–Trinajstić information content (AvgIpc) is 2.72. The molecule has 0 bridgehead atoms. The minimum atomic E-state index is -0.00749. The molecule has 6 nitrogen and oxygen atoms in total.